The van der Waals surface area contributed by atoms with Crippen LogP contribution < -0.4 is 5.32 Å². The van der Waals surface area contributed by atoms with Crippen molar-refractivity contribution in [1.82, 2.24) is 19.7 Å². The van der Waals surface area contributed by atoms with E-state index in [2.05, 4.69) is 52.4 Å². The molecule has 4 aromatic heterocycles. The number of carbonyl (C=O) groups excluding carboxylic acids is 1. The molecule has 0 fully saturated rings. The highest BCUT2D eigenvalue weighted by molar-refractivity contribution is 9.10. The SMILES string of the molecule is Cc1cc(Br)cc(-c2nnc(-c3cccs3)o2)c1NC(=O)c1cc(Br)cn1-c1ncccc1Cl. The van der Waals surface area contributed by atoms with Crippen molar-refractivity contribution in [3.63, 3.8) is 0 Å². The summed E-state index contributed by atoms with van der Waals surface area (Å²) in [6, 6.07) is 12.7. The number of rotatable bonds is 5. The average Bonchev–Trinajstić information content (AvgIpc) is 3.56. The summed E-state index contributed by atoms with van der Waals surface area (Å²) in [4.78, 5) is 18.6. The zero-order valence-electron chi connectivity index (χ0n) is 17.4. The van der Waals surface area contributed by atoms with Gasteiger partial charge in [0.2, 0.25) is 5.89 Å². The lowest BCUT2D eigenvalue weighted by Gasteiger charge is -2.14. The van der Waals surface area contributed by atoms with Crippen molar-refractivity contribution < 1.29 is 9.21 Å². The maximum atomic E-state index is 13.4. The Kier molecular flexibility index (Phi) is 6.39. The minimum absolute atomic E-state index is 0.299. The van der Waals surface area contributed by atoms with Crippen LogP contribution in [-0.2, 0) is 0 Å². The van der Waals surface area contributed by atoms with Gasteiger partial charge in [0.15, 0.2) is 5.82 Å². The number of anilines is 1. The monoisotopic (exact) mass is 617 g/mol. The molecule has 1 aromatic carbocycles. The lowest BCUT2D eigenvalue weighted by molar-refractivity contribution is 0.102. The molecule has 0 saturated heterocycles. The van der Waals surface area contributed by atoms with Crippen LogP contribution in [0.5, 0.6) is 0 Å². The molecule has 0 radical (unpaired) electrons. The van der Waals surface area contributed by atoms with Crippen LogP contribution in [-0.4, -0.2) is 25.7 Å². The van der Waals surface area contributed by atoms with Crippen LogP contribution in [0.25, 0.3) is 28.0 Å². The van der Waals surface area contributed by atoms with Gasteiger partial charge in [0.05, 0.1) is 21.2 Å². The Balaban J connectivity index is 1.54. The highest BCUT2D eigenvalue weighted by Crippen LogP contribution is 2.36. The molecular weight excluding hydrogens is 606 g/mol. The molecule has 1 amide bonds. The summed E-state index contributed by atoms with van der Waals surface area (Å²) in [7, 11) is 0. The van der Waals surface area contributed by atoms with E-state index >= 15 is 0 Å². The zero-order chi connectivity index (χ0) is 23.8. The first kappa shape index (κ1) is 23.0. The van der Waals surface area contributed by atoms with Gasteiger partial charge in [0.1, 0.15) is 5.69 Å². The summed E-state index contributed by atoms with van der Waals surface area (Å²) in [5.74, 6) is 0.817. The third-order valence-electron chi connectivity index (χ3n) is 4.91. The number of hydrogen-bond donors (Lipinski definition) is 1. The molecule has 170 valence electrons. The first-order chi connectivity index (χ1) is 16.4. The van der Waals surface area contributed by atoms with E-state index in [9.17, 15) is 4.79 Å². The topological polar surface area (TPSA) is 85.8 Å². The minimum Gasteiger partial charge on any atom is -0.415 e. The molecule has 34 heavy (non-hydrogen) atoms. The number of pyridine rings is 1. The largest absolute Gasteiger partial charge is 0.415 e. The van der Waals surface area contributed by atoms with Crippen molar-refractivity contribution >= 4 is 66.4 Å². The number of aryl methyl sites for hydroxylation is 1. The number of nitrogens with one attached hydrogen (secondary N) is 1. The van der Waals surface area contributed by atoms with E-state index in [4.69, 9.17) is 16.0 Å². The summed E-state index contributed by atoms with van der Waals surface area (Å²) in [5, 5.41) is 13.8. The van der Waals surface area contributed by atoms with Gasteiger partial charge in [0, 0.05) is 21.3 Å². The fourth-order valence-electron chi connectivity index (χ4n) is 3.42. The van der Waals surface area contributed by atoms with Crippen molar-refractivity contribution in [2.75, 3.05) is 5.32 Å². The molecular formula is C23H14Br2ClN5O2S. The van der Waals surface area contributed by atoms with Crippen molar-refractivity contribution in [1.29, 1.82) is 0 Å². The Hall–Kier alpha value is -2.79. The Bertz CT molecular complexity index is 1510. The van der Waals surface area contributed by atoms with Gasteiger partial charge in [-0.3, -0.25) is 9.36 Å². The van der Waals surface area contributed by atoms with Crippen LogP contribution in [0.15, 0.2) is 73.6 Å². The number of amides is 1. The molecule has 4 heterocycles. The molecule has 0 atom stereocenters. The second-order valence-corrected chi connectivity index (χ2v) is 10.4. The maximum absolute atomic E-state index is 13.4. The molecule has 5 aromatic rings. The van der Waals surface area contributed by atoms with Gasteiger partial charge < -0.3 is 9.73 Å². The fourth-order valence-corrected chi connectivity index (χ4v) is 5.27. The average molecular weight is 620 g/mol. The van der Waals surface area contributed by atoms with Crippen LogP contribution >= 0.6 is 54.8 Å². The molecule has 0 unspecified atom stereocenters. The smallest absolute Gasteiger partial charge is 0.272 e. The highest BCUT2D eigenvalue weighted by Gasteiger charge is 2.22. The van der Waals surface area contributed by atoms with E-state index in [-0.39, 0.29) is 5.91 Å². The predicted octanol–water partition coefficient (Wildman–Crippen LogP) is 7.39. The lowest BCUT2D eigenvalue weighted by Crippen LogP contribution is -2.18. The molecule has 1 N–H and O–H groups in total. The normalized spacial score (nSPS) is 11.1. The van der Waals surface area contributed by atoms with Crippen molar-refractivity contribution in [3.05, 3.63) is 85.5 Å². The van der Waals surface area contributed by atoms with Crippen LogP contribution in [0, 0.1) is 6.92 Å². The predicted molar refractivity (Wildman–Crippen MR) is 140 cm³/mol. The third kappa shape index (κ3) is 4.46. The first-order valence-electron chi connectivity index (χ1n) is 9.88. The summed E-state index contributed by atoms with van der Waals surface area (Å²) in [5.41, 5.74) is 2.33. The van der Waals surface area contributed by atoms with Crippen LogP contribution in [0.3, 0.4) is 0 Å². The fraction of sp³-hybridized carbons (Fsp3) is 0.0435. The number of halogens is 3. The molecule has 0 aliphatic rings. The number of benzene rings is 1. The zero-order valence-corrected chi connectivity index (χ0v) is 22.2. The number of aromatic nitrogens is 4. The lowest BCUT2D eigenvalue weighted by atomic mass is 10.1. The van der Waals surface area contributed by atoms with Gasteiger partial charge >= 0.3 is 0 Å². The van der Waals surface area contributed by atoms with E-state index in [1.807, 2.05) is 36.6 Å². The third-order valence-corrected chi connectivity index (χ3v) is 6.96. The van der Waals surface area contributed by atoms with Crippen molar-refractivity contribution in [2.24, 2.45) is 0 Å². The van der Waals surface area contributed by atoms with E-state index in [1.165, 1.54) is 11.3 Å². The van der Waals surface area contributed by atoms with Crippen LogP contribution in [0.1, 0.15) is 16.1 Å². The Morgan fingerprint density at radius 3 is 2.71 bits per heavy atom. The summed E-state index contributed by atoms with van der Waals surface area (Å²) in [6.45, 7) is 1.89. The summed E-state index contributed by atoms with van der Waals surface area (Å²) < 4.78 is 9.11. The second-order valence-electron chi connectivity index (χ2n) is 7.21. The second kappa shape index (κ2) is 9.46. The van der Waals surface area contributed by atoms with Crippen LogP contribution in [0.4, 0.5) is 5.69 Å². The van der Waals surface area contributed by atoms with Gasteiger partial charge in [-0.25, -0.2) is 4.98 Å². The number of hydrogen-bond acceptors (Lipinski definition) is 6. The van der Waals surface area contributed by atoms with Gasteiger partial charge in [-0.15, -0.1) is 21.5 Å². The molecule has 11 heteroatoms. The minimum atomic E-state index is -0.350. The number of nitrogens with zero attached hydrogens (tertiary/aromatic N) is 4. The molecule has 5 rings (SSSR count). The van der Waals surface area contributed by atoms with Gasteiger partial charge in [0.25, 0.3) is 11.8 Å². The Morgan fingerprint density at radius 1 is 1.12 bits per heavy atom. The molecule has 7 nitrogen and oxygen atoms in total. The van der Waals surface area contributed by atoms with Gasteiger partial charge in [-0.05, 0) is 70.2 Å². The highest BCUT2D eigenvalue weighted by atomic mass is 79.9. The molecule has 0 spiro atoms. The molecule has 0 bridgehead atoms. The van der Waals surface area contributed by atoms with Gasteiger partial charge in [-0.1, -0.05) is 33.6 Å². The van der Waals surface area contributed by atoms with E-state index < -0.39 is 0 Å². The van der Waals surface area contributed by atoms with E-state index in [1.54, 1.807) is 35.2 Å². The molecule has 0 saturated carbocycles. The molecule has 0 aliphatic carbocycles. The standard InChI is InChI=1S/C23H14Br2ClN5O2S/c1-12-8-13(24)9-15(22-29-30-23(33-22)18-5-3-7-34-18)19(12)28-21(32)17-10-14(25)11-31(17)20-16(26)4-2-6-27-20/h2-11H,1H3,(H,28,32). The Morgan fingerprint density at radius 2 is 1.94 bits per heavy atom. The summed E-state index contributed by atoms with van der Waals surface area (Å²) in [6.07, 6.45) is 3.36. The molecule has 0 aliphatic heterocycles. The number of carbonyl (C=O) groups is 1. The van der Waals surface area contributed by atoms with Crippen molar-refractivity contribution in [2.45, 2.75) is 6.92 Å². The van der Waals surface area contributed by atoms with E-state index in [0.29, 0.717) is 44.0 Å². The first-order valence-corrected chi connectivity index (χ1v) is 12.7. The Labute approximate surface area is 220 Å². The number of thiophene rings is 1. The van der Waals surface area contributed by atoms with Crippen molar-refractivity contribution in [3.8, 4) is 28.0 Å². The van der Waals surface area contributed by atoms with Crippen LogP contribution in [0.2, 0.25) is 5.02 Å². The maximum Gasteiger partial charge on any atom is 0.272 e. The van der Waals surface area contributed by atoms with E-state index in [0.717, 1.165) is 14.9 Å². The summed E-state index contributed by atoms with van der Waals surface area (Å²) >= 11 is 14.8. The van der Waals surface area contributed by atoms with Gasteiger partial charge in [-0.2, -0.15) is 0 Å². The quantitative estimate of drug-likeness (QED) is 0.222.